The fourth-order valence-corrected chi connectivity index (χ4v) is 6.79. The number of pyridine rings is 1. The largest absolute Gasteiger partial charge is 0.444 e. The minimum Gasteiger partial charge on any atom is -0.444 e. The molecule has 3 N–H and O–H groups in total. The Labute approximate surface area is 196 Å². The van der Waals surface area contributed by atoms with Crippen LogP contribution in [0.3, 0.4) is 0 Å². The van der Waals surface area contributed by atoms with E-state index in [1.54, 1.807) is 17.8 Å². The van der Waals surface area contributed by atoms with E-state index in [1.807, 2.05) is 6.07 Å². The number of aromatic nitrogens is 1. The van der Waals surface area contributed by atoms with Gasteiger partial charge in [0.2, 0.25) is 11.7 Å². The fraction of sp³-hybridized carbons (Fsp3) is 0.560. The standard InChI is InChI=1S/C25H29BrN4O2/c26-24-21-11-19(12-27)32-22(21)13-29-25(24)30-18-5-3-16(4-6-18)20-9-14-1-2-17(20)8-15(7-14)10-23(28)31/h9,11,13-18H,1-8,10H2,(H2,28,31)(H,29,30). The molecule has 3 unspecified atom stereocenters. The molecule has 0 aliphatic heterocycles. The Kier molecular flexibility index (Phi) is 5.98. The van der Waals surface area contributed by atoms with Crippen molar-refractivity contribution >= 4 is 38.6 Å². The van der Waals surface area contributed by atoms with E-state index >= 15 is 0 Å². The summed E-state index contributed by atoms with van der Waals surface area (Å²) in [5.41, 5.74) is 7.79. The first-order valence-corrected chi connectivity index (χ1v) is 12.5. The number of rotatable bonds is 5. The summed E-state index contributed by atoms with van der Waals surface area (Å²) < 4.78 is 6.33. The number of primary amides is 1. The zero-order valence-electron chi connectivity index (χ0n) is 18.1. The molecule has 7 heteroatoms. The summed E-state index contributed by atoms with van der Waals surface area (Å²) in [5.74, 6) is 3.35. The van der Waals surface area contributed by atoms with Crippen LogP contribution in [0.4, 0.5) is 5.82 Å². The van der Waals surface area contributed by atoms with Crippen LogP contribution < -0.4 is 11.1 Å². The highest BCUT2D eigenvalue weighted by atomic mass is 79.9. The van der Waals surface area contributed by atoms with Gasteiger partial charge in [-0.2, -0.15) is 5.26 Å². The summed E-state index contributed by atoms with van der Waals surface area (Å²) in [6.45, 7) is 0. The SMILES string of the molecule is N#Cc1cc2c(Br)c(NC3CCC(C4=CC5CCC4CC(CC(N)=O)C5)CC3)ncc2o1. The first kappa shape index (κ1) is 21.5. The van der Waals surface area contributed by atoms with Crippen LogP contribution in [0.1, 0.15) is 63.5 Å². The van der Waals surface area contributed by atoms with Crippen molar-refractivity contribution in [3.63, 3.8) is 0 Å². The highest BCUT2D eigenvalue weighted by Crippen LogP contribution is 2.47. The lowest BCUT2D eigenvalue weighted by atomic mass is 9.72. The highest BCUT2D eigenvalue weighted by molar-refractivity contribution is 9.10. The van der Waals surface area contributed by atoms with E-state index in [9.17, 15) is 4.79 Å². The van der Waals surface area contributed by atoms with E-state index in [-0.39, 0.29) is 5.91 Å². The van der Waals surface area contributed by atoms with Crippen molar-refractivity contribution in [3.8, 4) is 6.07 Å². The molecule has 6 nitrogen and oxygen atoms in total. The number of nitrogens with one attached hydrogen (secondary N) is 1. The number of anilines is 1. The van der Waals surface area contributed by atoms with Crippen molar-refractivity contribution in [2.75, 3.05) is 5.32 Å². The number of furan rings is 1. The molecule has 0 radical (unpaired) electrons. The van der Waals surface area contributed by atoms with Gasteiger partial charge >= 0.3 is 0 Å². The second-order valence-corrected chi connectivity index (χ2v) is 10.6. The van der Waals surface area contributed by atoms with E-state index < -0.39 is 0 Å². The van der Waals surface area contributed by atoms with E-state index in [1.165, 1.54) is 25.7 Å². The molecule has 6 rings (SSSR count). The van der Waals surface area contributed by atoms with Crippen molar-refractivity contribution in [3.05, 3.63) is 34.1 Å². The maximum absolute atomic E-state index is 11.5. The third kappa shape index (κ3) is 4.30. The Morgan fingerprint density at radius 1 is 1.22 bits per heavy atom. The average Bonchev–Trinajstić information content (AvgIpc) is 3.02. The van der Waals surface area contributed by atoms with Gasteiger partial charge < -0.3 is 15.5 Å². The molecule has 0 saturated heterocycles. The maximum Gasteiger partial charge on any atom is 0.217 e. The topological polar surface area (TPSA) is 105 Å². The number of amides is 1. The molecule has 2 heterocycles. The van der Waals surface area contributed by atoms with Crippen molar-refractivity contribution < 1.29 is 9.21 Å². The third-order valence-electron chi connectivity index (χ3n) is 7.69. The number of allylic oxidation sites excluding steroid dienone is 2. The predicted octanol–water partition coefficient (Wildman–Crippen LogP) is 5.67. The van der Waals surface area contributed by atoms with Crippen molar-refractivity contribution in [2.45, 2.75) is 63.8 Å². The molecule has 0 spiro atoms. The Morgan fingerprint density at radius 3 is 2.75 bits per heavy atom. The van der Waals surface area contributed by atoms with Crippen LogP contribution in [0.25, 0.3) is 11.0 Å². The second kappa shape index (κ2) is 8.90. The molecule has 4 aliphatic carbocycles. The molecule has 2 bridgehead atoms. The number of hydrogen-bond donors (Lipinski definition) is 2. The zero-order valence-corrected chi connectivity index (χ0v) is 19.7. The number of nitrogens with zero attached hydrogens (tertiary/aromatic N) is 2. The third-order valence-corrected chi connectivity index (χ3v) is 8.50. The maximum atomic E-state index is 11.5. The number of nitriles is 1. The molecule has 4 aliphatic rings. The first-order valence-electron chi connectivity index (χ1n) is 11.7. The summed E-state index contributed by atoms with van der Waals surface area (Å²) in [6.07, 6.45) is 14.2. The lowest BCUT2D eigenvalue weighted by Gasteiger charge is -2.36. The van der Waals surface area contributed by atoms with Gasteiger partial charge in [-0.1, -0.05) is 11.6 Å². The number of nitrogens with two attached hydrogens (primary N) is 1. The monoisotopic (exact) mass is 496 g/mol. The first-order chi connectivity index (χ1) is 15.5. The van der Waals surface area contributed by atoms with Crippen LogP contribution in [-0.4, -0.2) is 16.9 Å². The average molecular weight is 497 g/mol. The Hall–Kier alpha value is -2.33. The highest BCUT2D eigenvalue weighted by Gasteiger charge is 2.36. The lowest BCUT2D eigenvalue weighted by Crippen LogP contribution is -2.29. The van der Waals surface area contributed by atoms with Crippen molar-refractivity contribution in [1.29, 1.82) is 5.26 Å². The number of halogens is 1. The van der Waals surface area contributed by atoms with Gasteiger partial charge in [-0.15, -0.1) is 0 Å². The van der Waals surface area contributed by atoms with Crippen LogP contribution in [0.5, 0.6) is 0 Å². The van der Waals surface area contributed by atoms with Gasteiger partial charge in [-0.05, 0) is 91.0 Å². The van der Waals surface area contributed by atoms with Crippen LogP contribution in [0, 0.1) is 35.0 Å². The van der Waals surface area contributed by atoms with Gasteiger partial charge in [0.25, 0.3) is 0 Å². The summed E-state index contributed by atoms with van der Waals surface area (Å²) in [7, 11) is 0. The van der Waals surface area contributed by atoms with E-state index in [0.717, 1.165) is 41.4 Å². The molecule has 2 aromatic heterocycles. The van der Waals surface area contributed by atoms with Gasteiger partial charge in [0.15, 0.2) is 5.58 Å². The van der Waals surface area contributed by atoms with E-state index in [0.29, 0.717) is 47.5 Å². The van der Waals surface area contributed by atoms with Gasteiger partial charge in [-0.3, -0.25) is 4.79 Å². The molecule has 2 saturated carbocycles. The van der Waals surface area contributed by atoms with Crippen LogP contribution >= 0.6 is 15.9 Å². The number of carbonyl (C=O) groups is 1. The molecule has 2 fully saturated rings. The summed E-state index contributed by atoms with van der Waals surface area (Å²) in [6, 6.07) is 4.19. The zero-order chi connectivity index (χ0) is 22.2. The number of fused-ring (bicyclic) bond motifs is 4. The van der Waals surface area contributed by atoms with Gasteiger partial charge in [0.05, 0.1) is 10.7 Å². The van der Waals surface area contributed by atoms with E-state index in [4.69, 9.17) is 15.4 Å². The predicted molar refractivity (Wildman–Crippen MR) is 127 cm³/mol. The van der Waals surface area contributed by atoms with Gasteiger partial charge in [0, 0.05) is 23.9 Å². The molecule has 168 valence electrons. The normalized spacial score (nSPS) is 29.9. The number of hydrogen-bond acceptors (Lipinski definition) is 5. The molecular weight excluding hydrogens is 468 g/mol. The molecule has 1 amide bonds. The smallest absolute Gasteiger partial charge is 0.217 e. The van der Waals surface area contributed by atoms with Crippen molar-refractivity contribution in [2.24, 2.45) is 29.4 Å². The Morgan fingerprint density at radius 2 is 2.00 bits per heavy atom. The van der Waals surface area contributed by atoms with Gasteiger partial charge in [-0.25, -0.2) is 4.98 Å². The van der Waals surface area contributed by atoms with Crippen LogP contribution in [-0.2, 0) is 4.79 Å². The fourth-order valence-electron chi connectivity index (χ4n) is 6.26. The molecular formula is C25H29BrN4O2. The minimum atomic E-state index is -0.151. The summed E-state index contributed by atoms with van der Waals surface area (Å²) in [5, 5.41) is 13.6. The summed E-state index contributed by atoms with van der Waals surface area (Å²) >= 11 is 3.64. The quantitative estimate of drug-likeness (QED) is 0.518. The lowest BCUT2D eigenvalue weighted by molar-refractivity contribution is -0.119. The Bertz CT molecular complexity index is 1090. The molecule has 32 heavy (non-hydrogen) atoms. The summed E-state index contributed by atoms with van der Waals surface area (Å²) in [4.78, 5) is 16.0. The van der Waals surface area contributed by atoms with Crippen LogP contribution in [0.15, 0.2) is 32.8 Å². The van der Waals surface area contributed by atoms with E-state index in [2.05, 4.69) is 32.3 Å². The second-order valence-electron chi connectivity index (χ2n) is 9.82. The molecule has 0 aromatic carbocycles. The van der Waals surface area contributed by atoms with Crippen molar-refractivity contribution in [1.82, 2.24) is 4.98 Å². The Balaban J connectivity index is 1.22. The molecule has 3 atom stereocenters. The molecule has 2 aromatic rings. The van der Waals surface area contributed by atoms with Crippen LogP contribution in [0.2, 0.25) is 0 Å². The van der Waals surface area contributed by atoms with Gasteiger partial charge in [0.1, 0.15) is 11.9 Å². The minimum absolute atomic E-state index is 0.151. The number of carbonyl (C=O) groups excluding carboxylic acids is 1.